The van der Waals surface area contributed by atoms with Crippen molar-refractivity contribution in [1.29, 1.82) is 0 Å². The highest BCUT2D eigenvalue weighted by Gasteiger charge is 2.34. The van der Waals surface area contributed by atoms with Gasteiger partial charge in [0.25, 0.3) is 0 Å². The minimum atomic E-state index is 0.0152. The Hall–Kier alpha value is -1.16. The van der Waals surface area contributed by atoms with Crippen molar-refractivity contribution in [2.24, 2.45) is 5.41 Å². The molecule has 1 aliphatic rings. The molecule has 1 aromatic carbocycles. The van der Waals surface area contributed by atoms with Crippen molar-refractivity contribution < 1.29 is 9.84 Å². The number of aliphatic hydroxyl groups is 1. The van der Waals surface area contributed by atoms with Gasteiger partial charge < -0.3 is 9.84 Å². The SMILES string of the molecule is COCCC1(CO)CCCN(C/C(C)=C/c2ccccc2)C1. The van der Waals surface area contributed by atoms with Gasteiger partial charge in [0.2, 0.25) is 0 Å². The standard InChI is InChI=1S/C19H29NO2/c1-17(13-18-7-4-3-5-8-18)14-20-11-6-9-19(15-20,16-21)10-12-22-2/h3-5,7-8,13,21H,6,9-12,14-16H2,1-2H3/b17-13+. The molecule has 0 radical (unpaired) electrons. The van der Waals surface area contributed by atoms with Gasteiger partial charge in [0.1, 0.15) is 0 Å². The maximum atomic E-state index is 9.86. The Balaban J connectivity index is 1.96. The van der Waals surface area contributed by atoms with Crippen molar-refractivity contribution in [3.05, 3.63) is 41.5 Å². The summed E-state index contributed by atoms with van der Waals surface area (Å²) >= 11 is 0. The van der Waals surface area contributed by atoms with Crippen LogP contribution < -0.4 is 0 Å². The maximum Gasteiger partial charge on any atom is 0.0500 e. The van der Waals surface area contributed by atoms with Crippen LogP contribution in [0.4, 0.5) is 0 Å². The molecule has 0 bridgehead atoms. The number of methoxy groups -OCH3 is 1. The van der Waals surface area contributed by atoms with E-state index in [1.807, 2.05) is 6.07 Å². The van der Waals surface area contributed by atoms with Crippen LogP contribution in [0.1, 0.15) is 31.7 Å². The van der Waals surface area contributed by atoms with E-state index in [0.717, 1.165) is 45.5 Å². The van der Waals surface area contributed by atoms with Gasteiger partial charge in [-0.2, -0.15) is 0 Å². The van der Waals surface area contributed by atoms with E-state index in [-0.39, 0.29) is 12.0 Å². The van der Waals surface area contributed by atoms with Crippen molar-refractivity contribution in [2.45, 2.75) is 26.2 Å². The number of hydrogen-bond donors (Lipinski definition) is 1. The third-order valence-corrected chi connectivity index (χ3v) is 4.60. The molecule has 0 amide bonds. The summed E-state index contributed by atoms with van der Waals surface area (Å²) in [5.74, 6) is 0. The molecular weight excluding hydrogens is 274 g/mol. The lowest BCUT2D eigenvalue weighted by molar-refractivity contribution is 0.0108. The average Bonchev–Trinajstić information content (AvgIpc) is 2.54. The Morgan fingerprint density at radius 1 is 1.36 bits per heavy atom. The Morgan fingerprint density at radius 2 is 2.14 bits per heavy atom. The second-order valence-corrected chi connectivity index (χ2v) is 6.62. The maximum absolute atomic E-state index is 9.86. The predicted octanol–water partition coefficient (Wildman–Crippen LogP) is 3.20. The van der Waals surface area contributed by atoms with Crippen LogP contribution in [-0.2, 0) is 4.74 Å². The lowest BCUT2D eigenvalue weighted by atomic mass is 9.78. The monoisotopic (exact) mass is 303 g/mol. The Bertz CT molecular complexity index is 472. The molecule has 0 aliphatic carbocycles. The molecule has 3 nitrogen and oxygen atoms in total. The number of piperidine rings is 1. The molecule has 3 heteroatoms. The van der Waals surface area contributed by atoms with E-state index in [1.165, 1.54) is 11.1 Å². The van der Waals surface area contributed by atoms with Gasteiger partial charge in [-0.05, 0) is 38.3 Å². The smallest absolute Gasteiger partial charge is 0.0500 e. The van der Waals surface area contributed by atoms with Gasteiger partial charge in [-0.3, -0.25) is 4.90 Å². The van der Waals surface area contributed by atoms with E-state index < -0.39 is 0 Å². The van der Waals surface area contributed by atoms with Crippen molar-refractivity contribution >= 4 is 6.08 Å². The van der Waals surface area contributed by atoms with E-state index >= 15 is 0 Å². The quantitative estimate of drug-likeness (QED) is 0.839. The van der Waals surface area contributed by atoms with Gasteiger partial charge >= 0.3 is 0 Å². The first-order chi connectivity index (χ1) is 10.7. The van der Waals surface area contributed by atoms with Crippen LogP contribution in [0.5, 0.6) is 0 Å². The van der Waals surface area contributed by atoms with Crippen molar-refractivity contribution in [3.63, 3.8) is 0 Å². The zero-order valence-corrected chi connectivity index (χ0v) is 13.9. The zero-order chi connectivity index (χ0) is 15.8. The highest BCUT2D eigenvalue weighted by molar-refractivity contribution is 5.52. The first-order valence-electron chi connectivity index (χ1n) is 8.22. The second-order valence-electron chi connectivity index (χ2n) is 6.62. The molecule has 0 saturated carbocycles. The number of rotatable bonds is 7. The number of ether oxygens (including phenoxy) is 1. The number of nitrogens with zero attached hydrogens (tertiary/aromatic N) is 1. The molecule has 0 spiro atoms. The number of aliphatic hydroxyl groups excluding tert-OH is 1. The summed E-state index contributed by atoms with van der Waals surface area (Å²) in [5, 5.41) is 9.86. The predicted molar refractivity (Wildman–Crippen MR) is 91.8 cm³/mol. The molecule has 0 aromatic heterocycles. The average molecular weight is 303 g/mol. The third kappa shape index (κ3) is 4.94. The minimum absolute atomic E-state index is 0.0152. The van der Waals surface area contributed by atoms with Crippen LogP contribution in [0.15, 0.2) is 35.9 Å². The first-order valence-corrected chi connectivity index (χ1v) is 8.22. The highest BCUT2D eigenvalue weighted by Crippen LogP contribution is 2.33. The van der Waals surface area contributed by atoms with E-state index in [1.54, 1.807) is 7.11 Å². The molecule has 1 saturated heterocycles. The lowest BCUT2D eigenvalue weighted by Crippen LogP contribution is -2.46. The number of hydrogen-bond acceptors (Lipinski definition) is 3. The van der Waals surface area contributed by atoms with E-state index in [9.17, 15) is 5.11 Å². The number of likely N-dealkylation sites (tertiary alicyclic amines) is 1. The summed E-state index contributed by atoms with van der Waals surface area (Å²) in [6.07, 6.45) is 5.45. The molecule has 1 fully saturated rings. The summed E-state index contributed by atoms with van der Waals surface area (Å²) in [6.45, 7) is 6.24. The lowest BCUT2D eigenvalue weighted by Gasteiger charge is -2.42. The highest BCUT2D eigenvalue weighted by atomic mass is 16.5. The first kappa shape index (κ1) is 17.2. The van der Waals surface area contributed by atoms with Gasteiger partial charge in [-0.1, -0.05) is 42.0 Å². The Kier molecular flexibility index (Phi) is 6.62. The van der Waals surface area contributed by atoms with Crippen LogP contribution in [0, 0.1) is 5.41 Å². The second kappa shape index (κ2) is 8.47. The molecule has 1 aromatic rings. The van der Waals surface area contributed by atoms with E-state index in [2.05, 4.69) is 42.2 Å². The summed E-state index contributed by atoms with van der Waals surface area (Å²) in [6, 6.07) is 10.5. The van der Waals surface area contributed by atoms with Crippen LogP contribution in [0.2, 0.25) is 0 Å². The summed E-state index contributed by atoms with van der Waals surface area (Å²) < 4.78 is 5.23. The van der Waals surface area contributed by atoms with Gasteiger partial charge in [-0.15, -0.1) is 0 Å². The summed E-state index contributed by atoms with van der Waals surface area (Å²) in [5.41, 5.74) is 2.64. The molecular formula is C19H29NO2. The minimum Gasteiger partial charge on any atom is -0.396 e. The van der Waals surface area contributed by atoms with Gasteiger partial charge in [0.05, 0.1) is 6.61 Å². The molecule has 2 rings (SSSR count). The van der Waals surface area contributed by atoms with Crippen LogP contribution in [-0.4, -0.2) is 50.0 Å². The molecule has 1 atom stereocenters. The number of benzene rings is 1. The normalized spacial score (nSPS) is 23.7. The molecule has 122 valence electrons. The van der Waals surface area contributed by atoms with Crippen molar-refractivity contribution in [3.8, 4) is 0 Å². The fraction of sp³-hybridized carbons (Fsp3) is 0.579. The van der Waals surface area contributed by atoms with Gasteiger partial charge in [0.15, 0.2) is 0 Å². The van der Waals surface area contributed by atoms with Crippen molar-refractivity contribution in [2.75, 3.05) is 40.0 Å². The van der Waals surface area contributed by atoms with E-state index in [0.29, 0.717) is 0 Å². The zero-order valence-electron chi connectivity index (χ0n) is 13.9. The van der Waals surface area contributed by atoms with Crippen LogP contribution >= 0.6 is 0 Å². The topological polar surface area (TPSA) is 32.7 Å². The molecule has 1 unspecified atom stereocenters. The van der Waals surface area contributed by atoms with Crippen molar-refractivity contribution in [1.82, 2.24) is 4.90 Å². The Morgan fingerprint density at radius 3 is 2.82 bits per heavy atom. The van der Waals surface area contributed by atoms with Gasteiger partial charge in [0, 0.05) is 32.2 Å². The summed E-state index contributed by atoms with van der Waals surface area (Å²) in [7, 11) is 1.73. The van der Waals surface area contributed by atoms with Gasteiger partial charge in [-0.25, -0.2) is 0 Å². The largest absolute Gasteiger partial charge is 0.396 e. The molecule has 1 heterocycles. The molecule has 1 N–H and O–H groups in total. The van der Waals surface area contributed by atoms with Crippen LogP contribution in [0.3, 0.4) is 0 Å². The fourth-order valence-corrected chi connectivity index (χ4v) is 3.41. The molecule has 1 aliphatic heterocycles. The summed E-state index contributed by atoms with van der Waals surface area (Å²) in [4.78, 5) is 2.48. The Labute approximate surface area is 134 Å². The third-order valence-electron chi connectivity index (χ3n) is 4.60. The van der Waals surface area contributed by atoms with E-state index in [4.69, 9.17) is 4.74 Å². The molecule has 22 heavy (non-hydrogen) atoms. The fourth-order valence-electron chi connectivity index (χ4n) is 3.41. The van der Waals surface area contributed by atoms with Crippen LogP contribution in [0.25, 0.3) is 6.08 Å².